The third kappa shape index (κ3) is 1.45. The normalized spacial score (nSPS) is 10.2. The molecule has 0 aromatic carbocycles. The van der Waals surface area contributed by atoms with E-state index in [1.165, 1.54) is 25.8 Å². The maximum absolute atomic E-state index is 11.7. The largest absolute Gasteiger partial charge is 0.465 e. The Labute approximate surface area is 83.9 Å². The van der Waals surface area contributed by atoms with E-state index in [4.69, 9.17) is 0 Å². The van der Waals surface area contributed by atoms with Crippen molar-refractivity contribution in [2.75, 3.05) is 7.11 Å². The number of hydrogen-bond acceptors (Lipinski definition) is 5. The van der Waals surface area contributed by atoms with Crippen LogP contribution in [0.5, 0.6) is 0 Å². The molecule has 2 aromatic heterocycles. The fourth-order valence-corrected chi connectivity index (χ4v) is 1.22. The number of nitrogens with one attached hydrogen (secondary N) is 1. The van der Waals surface area contributed by atoms with E-state index < -0.39 is 11.4 Å². The van der Waals surface area contributed by atoms with Gasteiger partial charge in [0, 0.05) is 6.20 Å². The van der Waals surface area contributed by atoms with Crippen LogP contribution in [-0.4, -0.2) is 28.0 Å². The van der Waals surface area contributed by atoms with Crippen LogP contribution in [0.3, 0.4) is 0 Å². The molecule has 15 heavy (non-hydrogen) atoms. The summed E-state index contributed by atoms with van der Waals surface area (Å²) in [7, 11) is 1.21. The number of rotatable bonds is 1. The first-order valence-corrected chi connectivity index (χ1v) is 4.13. The fourth-order valence-electron chi connectivity index (χ4n) is 1.22. The summed E-state index contributed by atoms with van der Waals surface area (Å²) in [6.07, 6.45) is 4.00. The molecule has 2 heterocycles. The molecule has 6 nitrogen and oxygen atoms in total. The summed E-state index contributed by atoms with van der Waals surface area (Å²) in [6, 6.07) is 0. The lowest BCUT2D eigenvalue weighted by molar-refractivity contribution is 0.0599. The molecule has 0 aliphatic rings. The van der Waals surface area contributed by atoms with Gasteiger partial charge in [-0.1, -0.05) is 0 Å². The number of aromatic amines is 1. The lowest BCUT2D eigenvalue weighted by Crippen LogP contribution is -2.17. The van der Waals surface area contributed by atoms with Gasteiger partial charge < -0.3 is 9.72 Å². The number of carbonyl (C=O) groups is 1. The zero-order chi connectivity index (χ0) is 10.8. The molecule has 2 aromatic rings. The van der Waals surface area contributed by atoms with Crippen LogP contribution in [0.2, 0.25) is 0 Å². The van der Waals surface area contributed by atoms with Gasteiger partial charge in [0.2, 0.25) is 5.43 Å². The Balaban J connectivity index is 2.76. The van der Waals surface area contributed by atoms with E-state index in [0.29, 0.717) is 5.52 Å². The molecule has 0 aliphatic carbocycles. The number of ether oxygens (including phenoxy) is 1. The first-order valence-electron chi connectivity index (χ1n) is 4.13. The van der Waals surface area contributed by atoms with Gasteiger partial charge in [0.25, 0.3) is 0 Å². The standard InChI is InChI=1S/C9H7N3O3/c1-15-9(14)5-2-11-6-3-10-4-12-7(6)8(5)13/h2-4H,1H3,(H,11,13). The maximum Gasteiger partial charge on any atom is 0.343 e. The molecule has 1 N–H and O–H groups in total. The minimum absolute atomic E-state index is 0.0660. The molecule has 2 rings (SSSR count). The highest BCUT2D eigenvalue weighted by Crippen LogP contribution is 2.02. The summed E-state index contributed by atoms with van der Waals surface area (Å²) in [6.45, 7) is 0. The zero-order valence-corrected chi connectivity index (χ0v) is 7.85. The van der Waals surface area contributed by atoms with E-state index in [1.54, 1.807) is 0 Å². The number of carbonyl (C=O) groups excluding carboxylic acids is 1. The van der Waals surface area contributed by atoms with Gasteiger partial charge in [0.1, 0.15) is 17.4 Å². The Hall–Kier alpha value is -2.24. The van der Waals surface area contributed by atoms with Crippen LogP contribution in [0, 0.1) is 0 Å². The number of pyridine rings is 1. The lowest BCUT2D eigenvalue weighted by Gasteiger charge is -1.99. The van der Waals surface area contributed by atoms with Crippen molar-refractivity contribution in [3.8, 4) is 0 Å². The molecule has 0 saturated heterocycles. The zero-order valence-electron chi connectivity index (χ0n) is 7.85. The van der Waals surface area contributed by atoms with Gasteiger partial charge in [-0.3, -0.25) is 4.79 Å². The average molecular weight is 205 g/mol. The van der Waals surface area contributed by atoms with Crippen LogP contribution < -0.4 is 5.43 Å². The number of nitrogens with zero attached hydrogens (tertiary/aromatic N) is 2. The molecule has 76 valence electrons. The maximum atomic E-state index is 11.7. The molecule has 0 spiro atoms. The number of esters is 1. The van der Waals surface area contributed by atoms with Crippen LogP contribution in [0.1, 0.15) is 10.4 Å². The van der Waals surface area contributed by atoms with Crippen molar-refractivity contribution >= 4 is 17.0 Å². The summed E-state index contributed by atoms with van der Waals surface area (Å²) >= 11 is 0. The highest BCUT2D eigenvalue weighted by atomic mass is 16.5. The third-order valence-corrected chi connectivity index (χ3v) is 1.95. The highest BCUT2D eigenvalue weighted by Gasteiger charge is 2.13. The Bertz CT molecular complexity index is 576. The highest BCUT2D eigenvalue weighted by molar-refractivity contribution is 5.92. The SMILES string of the molecule is COC(=O)c1c[nH]c2cncnc2c1=O. The predicted molar refractivity (Wildman–Crippen MR) is 51.5 cm³/mol. The first-order chi connectivity index (χ1) is 7.24. The summed E-state index contributed by atoms with van der Waals surface area (Å²) < 4.78 is 4.46. The van der Waals surface area contributed by atoms with Crippen LogP contribution in [0.4, 0.5) is 0 Å². The topological polar surface area (TPSA) is 84.9 Å². The summed E-state index contributed by atoms with van der Waals surface area (Å²) in [4.78, 5) is 33.2. The van der Waals surface area contributed by atoms with Gasteiger partial charge in [-0.2, -0.15) is 0 Å². The second kappa shape index (κ2) is 3.49. The van der Waals surface area contributed by atoms with Gasteiger partial charge in [-0.25, -0.2) is 14.8 Å². The predicted octanol–water partition coefficient (Wildman–Crippen LogP) is 0.105. The van der Waals surface area contributed by atoms with Gasteiger partial charge in [-0.05, 0) is 0 Å². The number of aromatic nitrogens is 3. The molecule has 0 atom stereocenters. The molecule has 0 saturated carbocycles. The third-order valence-electron chi connectivity index (χ3n) is 1.95. The number of methoxy groups -OCH3 is 1. The van der Waals surface area contributed by atoms with Crippen molar-refractivity contribution in [2.45, 2.75) is 0 Å². The fraction of sp³-hybridized carbons (Fsp3) is 0.111. The average Bonchev–Trinajstić information content (AvgIpc) is 2.29. The quantitative estimate of drug-likeness (QED) is 0.667. The molecule has 0 aliphatic heterocycles. The molecule has 0 amide bonds. The van der Waals surface area contributed by atoms with E-state index in [2.05, 4.69) is 19.7 Å². The smallest absolute Gasteiger partial charge is 0.343 e. The lowest BCUT2D eigenvalue weighted by atomic mass is 10.2. The van der Waals surface area contributed by atoms with Crippen LogP contribution in [0.25, 0.3) is 11.0 Å². The van der Waals surface area contributed by atoms with Crippen molar-refractivity contribution in [1.29, 1.82) is 0 Å². The van der Waals surface area contributed by atoms with Gasteiger partial charge in [0.05, 0.1) is 18.8 Å². The van der Waals surface area contributed by atoms with E-state index in [9.17, 15) is 9.59 Å². The molecule has 6 heteroatoms. The molecule has 0 unspecified atom stereocenters. The number of H-pyrrole nitrogens is 1. The molecular weight excluding hydrogens is 198 g/mol. The second-order valence-corrected chi connectivity index (χ2v) is 2.81. The van der Waals surface area contributed by atoms with Crippen LogP contribution in [-0.2, 0) is 4.74 Å². The van der Waals surface area contributed by atoms with E-state index in [1.807, 2.05) is 0 Å². The molecule has 0 radical (unpaired) electrons. The monoisotopic (exact) mass is 205 g/mol. The van der Waals surface area contributed by atoms with E-state index >= 15 is 0 Å². The Morgan fingerprint density at radius 1 is 1.53 bits per heavy atom. The van der Waals surface area contributed by atoms with Gasteiger partial charge in [0.15, 0.2) is 0 Å². The Morgan fingerprint density at radius 3 is 3.07 bits per heavy atom. The molecule has 0 bridgehead atoms. The summed E-state index contributed by atoms with van der Waals surface area (Å²) in [5.74, 6) is -0.684. The Kier molecular flexibility index (Phi) is 2.17. The van der Waals surface area contributed by atoms with Crippen molar-refractivity contribution in [1.82, 2.24) is 15.0 Å². The van der Waals surface area contributed by atoms with Crippen molar-refractivity contribution in [3.63, 3.8) is 0 Å². The van der Waals surface area contributed by atoms with E-state index in [0.717, 1.165) is 0 Å². The van der Waals surface area contributed by atoms with Crippen molar-refractivity contribution in [3.05, 3.63) is 34.5 Å². The minimum Gasteiger partial charge on any atom is -0.465 e. The van der Waals surface area contributed by atoms with Crippen LogP contribution >= 0.6 is 0 Å². The van der Waals surface area contributed by atoms with Crippen LogP contribution in [0.15, 0.2) is 23.5 Å². The minimum atomic E-state index is -0.684. The number of hydrogen-bond donors (Lipinski definition) is 1. The number of fused-ring (bicyclic) bond motifs is 1. The van der Waals surface area contributed by atoms with Crippen molar-refractivity contribution in [2.24, 2.45) is 0 Å². The van der Waals surface area contributed by atoms with Crippen molar-refractivity contribution < 1.29 is 9.53 Å². The van der Waals surface area contributed by atoms with E-state index in [-0.39, 0.29) is 11.1 Å². The summed E-state index contributed by atoms with van der Waals surface area (Å²) in [5, 5.41) is 0. The van der Waals surface area contributed by atoms with Gasteiger partial charge >= 0.3 is 5.97 Å². The first kappa shape index (κ1) is 9.32. The Morgan fingerprint density at radius 2 is 2.33 bits per heavy atom. The summed E-state index contributed by atoms with van der Waals surface area (Å²) in [5.41, 5.74) is 0.129. The van der Waals surface area contributed by atoms with Gasteiger partial charge in [-0.15, -0.1) is 0 Å². The molecular formula is C9H7N3O3. The molecule has 0 fully saturated rings. The second-order valence-electron chi connectivity index (χ2n) is 2.81.